The average Bonchev–Trinajstić information content (AvgIpc) is 2.68. The van der Waals surface area contributed by atoms with E-state index in [0.717, 1.165) is 25.7 Å². The van der Waals surface area contributed by atoms with E-state index in [0.29, 0.717) is 17.0 Å². The zero-order valence-corrected chi connectivity index (χ0v) is 16.1. The Kier molecular flexibility index (Phi) is 6.01. The molecule has 1 aliphatic carbocycles. The molecule has 7 heteroatoms. The van der Waals surface area contributed by atoms with Gasteiger partial charge in [0.1, 0.15) is 5.75 Å². The largest absolute Gasteiger partial charge is 0.497 e. The second-order valence-electron chi connectivity index (χ2n) is 6.67. The summed E-state index contributed by atoms with van der Waals surface area (Å²) in [5, 5.41) is 3.01. The number of anilines is 1. The zero-order valence-electron chi connectivity index (χ0n) is 15.3. The molecule has 144 valence electrons. The van der Waals surface area contributed by atoms with Crippen molar-refractivity contribution in [2.75, 3.05) is 11.8 Å². The standard InChI is InChI=1S/C20H24N2O4S/c1-26-18-11-6-10-17(14-18)22-27(24,25)19-12-5-7-15(13-19)20(23)21-16-8-3-2-4-9-16/h5-7,10-14,16,22H,2-4,8-9H2,1H3,(H,21,23). The molecule has 2 aromatic carbocycles. The molecule has 0 unspecified atom stereocenters. The van der Waals surface area contributed by atoms with Crippen LogP contribution >= 0.6 is 0 Å². The van der Waals surface area contributed by atoms with Crippen molar-refractivity contribution < 1.29 is 17.9 Å². The third kappa shape index (κ3) is 5.01. The van der Waals surface area contributed by atoms with Gasteiger partial charge >= 0.3 is 0 Å². The summed E-state index contributed by atoms with van der Waals surface area (Å²) in [6, 6.07) is 12.9. The maximum absolute atomic E-state index is 12.7. The molecule has 1 amide bonds. The Hall–Kier alpha value is -2.54. The number of benzene rings is 2. The molecule has 0 spiro atoms. The topological polar surface area (TPSA) is 84.5 Å². The van der Waals surface area contributed by atoms with E-state index < -0.39 is 10.0 Å². The van der Waals surface area contributed by atoms with Crippen LogP contribution in [0.3, 0.4) is 0 Å². The highest BCUT2D eigenvalue weighted by molar-refractivity contribution is 7.92. The van der Waals surface area contributed by atoms with E-state index in [9.17, 15) is 13.2 Å². The summed E-state index contributed by atoms with van der Waals surface area (Å²) >= 11 is 0. The van der Waals surface area contributed by atoms with Gasteiger partial charge in [0, 0.05) is 17.7 Å². The number of rotatable bonds is 6. The van der Waals surface area contributed by atoms with E-state index in [1.54, 1.807) is 36.4 Å². The first kappa shape index (κ1) is 19.2. The van der Waals surface area contributed by atoms with Gasteiger partial charge in [-0.15, -0.1) is 0 Å². The first-order valence-corrected chi connectivity index (χ1v) is 10.5. The van der Waals surface area contributed by atoms with Crippen LogP contribution in [0.5, 0.6) is 5.75 Å². The summed E-state index contributed by atoms with van der Waals surface area (Å²) in [6.45, 7) is 0. The monoisotopic (exact) mass is 388 g/mol. The summed E-state index contributed by atoms with van der Waals surface area (Å²) in [5.41, 5.74) is 0.737. The number of ether oxygens (including phenoxy) is 1. The first-order chi connectivity index (χ1) is 13.0. The third-order valence-corrected chi connectivity index (χ3v) is 6.05. The highest BCUT2D eigenvalue weighted by atomic mass is 32.2. The van der Waals surface area contributed by atoms with Crippen LogP contribution in [0, 0.1) is 0 Å². The van der Waals surface area contributed by atoms with Gasteiger partial charge < -0.3 is 10.1 Å². The summed E-state index contributed by atoms with van der Waals surface area (Å²) < 4.78 is 33.0. The second kappa shape index (κ2) is 8.43. The van der Waals surface area contributed by atoms with Crippen LogP contribution in [0.15, 0.2) is 53.4 Å². The average molecular weight is 388 g/mol. The smallest absolute Gasteiger partial charge is 0.261 e. The van der Waals surface area contributed by atoms with Crippen molar-refractivity contribution in [3.05, 3.63) is 54.1 Å². The number of methoxy groups -OCH3 is 1. The maximum atomic E-state index is 12.7. The van der Waals surface area contributed by atoms with E-state index in [1.165, 1.54) is 25.7 Å². The van der Waals surface area contributed by atoms with Crippen LogP contribution in [0.4, 0.5) is 5.69 Å². The lowest BCUT2D eigenvalue weighted by atomic mass is 9.95. The highest BCUT2D eigenvalue weighted by Crippen LogP contribution is 2.22. The van der Waals surface area contributed by atoms with Crippen molar-refractivity contribution in [2.45, 2.75) is 43.0 Å². The quantitative estimate of drug-likeness (QED) is 0.792. The molecule has 2 aromatic rings. The minimum absolute atomic E-state index is 0.0432. The SMILES string of the molecule is COc1cccc(NS(=O)(=O)c2cccc(C(=O)NC3CCCCC3)c2)c1. The van der Waals surface area contributed by atoms with E-state index >= 15 is 0 Å². The molecule has 3 rings (SSSR count). The fraction of sp³-hybridized carbons (Fsp3) is 0.350. The van der Waals surface area contributed by atoms with Crippen LogP contribution < -0.4 is 14.8 Å². The normalized spacial score (nSPS) is 15.1. The van der Waals surface area contributed by atoms with Crippen LogP contribution in [0.1, 0.15) is 42.5 Å². The van der Waals surface area contributed by atoms with Gasteiger partial charge in [0.15, 0.2) is 0 Å². The summed E-state index contributed by atoms with van der Waals surface area (Å²) in [7, 11) is -2.30. The number of hydrogen-bond acceptors (Lipinski definition) is 4. The third-order valence-electron chi connectivity index (χ3n) is 4.67. The number of carbonyl (C=O) groups is 1. The Morgan fingerprint density at radius 1 is 1.04 bits per heavy atom. The number of carbonyl (C=O) groups excluding carboxylic acids is 1. The minimum atomic E-state index is -3.81. The lowest BCUT2D eigenvalue weighted by molar-refractivity contribution is 0.0927. The van der Waals surface area contributed by atoms with Gasteiger partial charge in [-0.2, -0.15) is 0 Å². The molecule has 27 heavy (non-hydrogen) atoms. The molecule has 6 nitrogen and oxygen atoms in total. The second-order valence-corrected chi connectivity index (χ2v) is 8.36. The van der Waals surface area contributed by atoms with E-state index in [4.69, 9.17) is 4.74 Å². The number of hydrogen-bond donors (Lipinski definition) is 2. The van der Waals surface area contributed by atoms with E-state index in [1.807, 2.05) is 0 Å². The molecule has 1 fully saturated rings. The molecule has 0 bridgehead atoms. The maximum Gasteiger partial charge on any atom is 0.261 e. The first-order valence-electron chi connectivity index (χ1n) is 9.06. The fourth-order valence-corrected chi connectivity index (χ4v) is 4.32. The number of nitrogens with one attached hydrogen (secondary N) is 2. The van der Waals surface area contributed by atoms with Crippen LogP contribution in [-0.2, 0) is 10.0 Å². The van der Waals surface area contributed by atoms with Gasteiger partial charge in [-0.05, 0) is 43.2 Å². The van der Waals surface area contributed by atoms with Crippen molar-refractivity contribution in [3.8, 4) is 5.75 Å². The molecule has 0 atom stereocenters. The fourth-order valence-electron chi connectivity index (χ4n) is 3.22. The van der Waals surface area contributed by atoms with E-state index in [2.05, 4.69) is 10.0 Å². The van der Waals surface area contributed by atoms with Gasteiger partial charge in [-0.3, -0.25) is 9.52 Å². The molecule has 0 aromatic heterocycles. The van der Waals surface area contributed by atoms with Gasteiger partial charge in [0.2, 0.25) is 0 Å². The van der Waals surface area contributed by atoms with Gasteiger partial charge in [-0.1, -0.05) is 31.4 Å². The van der Waals surface area contributed by atoms with Crippen LogP contribution in [-0.4, -0.2) is 27.5 Å². The van der Waals surface area contributed by atoms with Crippen molar-refractivity contribution in [1.29, 1.82) is 0 Å². The summed E-state index contributed by atoms with van der Waals surface area (Å²) in [6.07, 6.45) is 5.38. The van der Waals surface area contributed by atoms with Crippen LogP contribution in [0.25, 0.3) is 0 Å². The molecule has 1 aliphatic rings. The molecule has 0 radical (unpaired) electrons. The predicted octanol–water partition coefficient (Wildman–Crippen LogP) is 3.56. The van der Waals surface area contributed by atoms with E-state index in [-0.39, 0.29) is 16.8 Å². The molecule has 2 N–H and O–H groups in total. The molecular formula is C20H24N2O4S. The molecule has 0 heterocycles. The van der Waals surface area contributed by atoms with Crippen LogP contribution in [0.2, 0.25) is 0 Å². The van der Waals surface area contributed by atoms with Gasteiger partial charge in [0.05, 0.1) is 17.7 Å². The van der Waals surface area contributed by atoms with Crippen molar-refractivity contribution in [2.24, 2.45) is 0 Å². The Morgan fingerprint density at radius 2 is 1.78 bits per heavy atom. The molecule has 0 saturated heterocycles. The van der Waals surface area contributed by atoms with Crippen molar-refractivity contribution in [1.82, 2.24) is 5.32 Å². The predicted molar refractivity (Wildman–Crippen MR) is 105 cm³/mol. The van der Waals surface area contributed by atoms with Gasteiger partial charge in [0.25, 0.3) is 15.9 Å². The van der Waals surface area contributed by atoms with Crippen molar-refractivity contribution >= 4 is 21.6 Å². The highest BCUT2D eigenvalue weighted by Gasteiger charge is 2.19. The Morgan fingerprint density at radius 3 is 2.52 bits per heavy atom. The lowest BCUT2D eigenvalue weighted by Crippen LogP contribution is -2.36. The zero-order chi connectivity index (χ0) is 19.3. The Balaban J connectivity index is 1.75. The minimum Gasteiger partial charge on any atom is -0.497 e. The lowest BCUT2D eigenvalue weighted by Gasteiger charge is -2.22. The molecular weight excluding hydrogens is 364 g/mol. The number of sulfonamides is 1. The van der Waals surface area contributed by atoms with Gasteiger partial charge in [-0.25, -0.2) is 8.42 Å². The number of amides is 1. The summed E-state index contributed by atoms with van der Waals surface area (Å²) in [5.74, 6) is 0.316. The molecule has 0 aliphatic heterocycles. The Bertz CT molecular complexity index is 906. The molecule has 1 saturated carbocycles. The van der Waals surface area contributed by atoms with Crippen molar-refractivity contribution in [3.63, 3.8) is 0 Å². The Labute approximate surface area is 160 Å². The summed E-state index contributed by atoms with van der Waals surface area (Å²) in [4.78, 5) is 12.5.